The van der Waals surface area contributed by atoms with Crippen LogP contribution in [0.15, 0.2) is 10.7 Å². The van der Waals surface area contributed by atoms with Gasteiger partial charge in [0.05, 0.1) is 16.4 Å². The maximum atomic E-state index is 5.80. The summed E-state index contributed by atoms with van der Waals surface area (Å²) in [6, 6.07) is 0. The number of anilines is 2. The van der Waals surface area contributed by atoms with E-state index < -0.39 is 0 Å². The summed E-state index contributed by atoms with van der Waals surface area (Å²) in [5.74, 6) is 0.834. The second kappa shape index (κ2) is 5.20. The Bertz CT molecular complexity index is 401. The third-order valence-electron chi connectivity index (χ3n) is 3.07. The van der Waals surface area contributed by atoms with Crippen LogP contribution in [0.5, 0.6) is 0 Å². The maximum absolute atomic E-state index is 5.80. The van der Waals surface area contributed by atoms with Crippen molar-refractivity contribution in [2.75, 3.05) is 44.4 Å². The monoisotopic (exact) mass is 299 g/mol. The van der Waals surface area contributed by atoms with Gasteiger partial charge < -0.3 is 16.1 Å². The van der Waals surface area contributed by atoms with Crippen LogP contribution in [0.4, 0.5) is 11.5 Å². The Morgan fingerprint density at radius 2 is 2.00 bits per heavy atom. The Balaban J connectivity index is 2.06. The zero-order chi connectivity index (χ0) is 12.4. The van der Waals surface area contributed by atoms with Crippen molar-refractivity contribution in [3.63, 3.8) is 0 Å². The smallest absolute Gasteiger partial charge is 0.155 e. The normalized spacial score (nSPS) is 18.3. The lowest BCUT2D eigenvalue weighted by atomic mass is 10.2. The van der Waals surface area contributed by atoms with Crippen LogP contribution < -0.4 is 11.2 Å². The van der Waals surface area contributed by atoms with E-state index in [0.29, 0.717) is 5.69 Å². The highest BCUT2D eigenvalue weighted by molar-refractivity contribution is 9.10. The van der Waals surface area contributed by atoms with Gasteiger partial charge in [0.25, 0.3) is 0 Å². The molecule has 0 saturated carbocycles. The third-order valence-corrected chi connectivity index (χ3v) is 4.04. The molecule has 0 atom stereocenters. The van der Waals surface area contributed by atoms with E-state index in [-0.39, 0.29) is 0 Å². The Labute approximate surface area is 110 Å². The van der Waals surface area contributed by atoms with E-state index in [4.69, 9.17) is 5.73 Å². The molecule has 3 N–H and O–H groups in total. The van der Waals surface area contributed by atoms with Gasteiger partial charge in [-0.25, -0.2) is 9.99 Å². The highest BCUT2D eigenvalue weighted by Gasteiger charge is 2.15. The largest absolute Gasteiger partial charge is 0.397 e. The van der Waals surface area contributed by atoms with Crippen LogP contribution in [0.1, 0.15) is 5.56 Å². The van der Waals surface area contributed by atoms with Gasteiger partial charge in [-0.15, -0.1) is 0 Å². The molecule has 2 heterocycles. The fourth-order valence-electron chi connectivity index (χ4n) is 1.74. The minimum absolute atomic E-state index is 0.709. The Morgan fingerprint density at radius 3 is 2.65 bits per heavy atom. The van der Waals surface area contributed by atoms with Gasteiger partial charge in [0.2, 0.25) is 0 Å². The molecule has 6 heteroatoms. The standard InChI is InChI=1S/C11H18BrN5/c1-8-9(13)7-14-11(10(8)12)15-17-5-3-16(2)4-6-17/h7H,3-6,13H2,1-2H3,(H,14,15). The molecule has 0 radical (unpaired) electrons. The fourth-order valence-corrected chi connectivity index (χ4v) is 2.16. The molecule has 94 valence electrons. The second-order valence-corrected chi connectivity index (χ2v) is 5.20. The van der Waals surface area contributed by atoms with Crippen LogP contribution in [0.2, 0.25) is 0 Å². The molecule has 2 rings (SSSR count). The van der Waals surface area contributed by atoms with Crippen molar-refractivity contribution in [2.24, 2.45) is 0 Å². The molecule has 0 unspecified atom stereocenters. The molecule has 1 aromatic rings. The number of nitrogens with two attached hydrogens (primary N) is 1. The number of nitrogen functional groups attached to an aromatic ring is 1. The van der Waals surface area contributed by atoms with E-state index >= 15 is 0 Å². The first-order valence-corrected chi connectivity index (χ1v) is 6.48. The number of piperazine rings is 1. The predicted octanol–water partition coefficient (Wildman–Crippen LogP) is 1.31. The average molecular weight is 300 g/mol. The molecule has 0 aromatic carbocycles. The molecule has 17 heavy (non-hydrogen) atoms. The fraction of sp³-hybridized carbons (Fsp3) is 0.545. The van der Waals surface area contributed by atoms with Gasteiger partial charge >= 0.3 is 0 Å². The Hall–Kier alpha value is -0.850. The highest BCUT2D eigenvalue weighted by Crippen LogP contribution is 2.27. The average Bonchev–Trinajstić information content (AvgIpc) is 2.33. The summed E-state index contributed by atoms with van der Waals surface area (Å²) in [5, 5.41) is 2.18. The Kier molecular flexibility index (Phi) is 3.86. The van der Waals surface area contributed by atoms with E-state index in [0.717, 1.165) is 42.0 Å². The van der Waals surface area contributed by atoms with Crippen molar-refractivity contribution >= 4 is 27.4 Å². The molecule has 5 nitrogen and oxygen atoms in total. The van der Waals surface area contributed by atoms with Crippen molar-refractivity contribution in [1.82, 2.24) is 14.9 Å². The van der Waals surface area contributed by atoms with E-state index in [2.05, 4.69) is 43.3 Å². The van der Waals surface area contributed by atoms with Crippen LogP contribution in [0.3, 0.4) is 0 Å². The van der Waals surface area contributed by atoms with Crippen LogP contribution in [-0.4, -0.2) is 48.1 Å². The third kappa shape index (κ3) is 2.88. The minimum atomic E-state index is 0.709. The molecule has 0 bridgehead atoms. The summed E-state index contributed by atoms with van der Waals surface area (Å²) in [4.78, 5) is 6.63. The first kappa shape index (κ1) is 12.6. The molecular formula is C11H18BrN5. The van der Waals surface area contributed by atoms with E-state index in [1.54, 1.807) is 6.20 Å². The zero-order valence-corrected chi connectivity index (χ0v) is 11.8. The van der Waals surface area contributed by atoms with Crippen molar-refractivity contribution < 1.29 is 0 Å². The van der Waals surface area contributed by atoms with Crippen LogP contribution in [-0.2, 0) is 0 Å². The van der Waals surface area contributed by atoms with Crippen molar-refractivity contribution in [3.8, 4) is 0 Å². The predicted molar refractivity (Wildman–Crippen MR) is 73.8 cm³/mol. The number of hydrazine groups is 1. The molecule has 1 fully saturated rings. The molecule has 1 aromatic heterocycles. The van der Waals surface area contributed by atoms with Crippen LogP contribution in [0.25, 0.3) is 0 Å². The Morgan fingerprint density at radius 1 is 1.35 bits per heavy atom. The van der Waals surface area contributed by atoms with Gasteiger partial charge in [-0.3, -0.25) is 0 Å². The van der Waals surface area contributed by atoms with Gasteiger partial charge in [-0.1, -0.05) is 0 Å². The van der Waals surface area contributed by atoms with E-state index in [9.17, 15) is 0 Å². The number of nitrogens with zero attached hydrogens (tertiary/aromatic N) is 3. The van der Waals surface area contributed by atoms with E-state index in [1.807, 2.05) is 6.92 Å². The summed E-state index contributed by atoms with van der Waals surface area (Å²) >= 11 is 3.53. The number of aromatic nitrogens is 1. The highest BCUT2D eigenvalue weighted by atomic mass is 79.9. The van der Waals surface area contributed by atoms with E-state index in [1.165, 1.54) is 0 Å². The lowest BCUT2D eigenvalue weighted by Gasteiger charge is -2.33. The van der Waals surface area contributed by atoms with Gasteiger partial charge in [-0.2, -0.15) is 0 Å². The van der Waals surface area contributed by atoms with Crippen LogP contribution in [0, 0.1) is 6.92 Å². The molecular weight excluding hydrogens is 282 g/mol. The second-order valence-electron chi connectivity index (χ2n) is 4.40. The van der Waals surface area contributed by atoms with Crippen molar-refractivity contribution in [1.29, 1.82) is 0 Å². The molecule has 0 amide bonds. The summed E-state index contributed by atoms with van der Waals surface area (Å²) in [7, 11) is 2.14. The molecule has 0 spiro atoms. The van der Waals surface area contributed by atoms with Crippen molar-refractivity contribution in [2.45, 2.75) is 6.92 Å². The number of rotatable bonds is 2. The molecule has 1 aliphatic heterocycles. The quantitative estimate of drug-likeness (QED) is 0.862. The lowest BCUT2D eigenvalue weighted by molar-refractivity contribution is 0.178. The lowest BCUT2D eigenvalue weighted by Crippen LogP contribution is -2.47. The summed E-state index contributed by atoms with van der Waals surface area (Å²) < 4.78 is 0.941. The van der Waals surface area contributed by atoms with Gasteiger partial charge in [0.15, 0.2) is 5.82 Å². The number of likely N-dealkylation sites (N-methyl/N-ethyl adjacent to an activating group) is 1. The zero-order valence-electron chi connectivity index (χ0n) is 10.2. The van der Waals surface area contributed by atoms with Crippen LogP contribution >= 0.6 is 15.9 Å². The van der Waals surface area contributed by atoms with Crippen molar-refractivity contribution in [3.05, 3.63) is 16.2 Å². The van der Waals surface area contributed by atoms with Gasteiger partial charge in [0, 0.05) is 26.2 Å². The number of nitrogens with one attached hydrogen (secondary N) is 1. The first-order valence-electron chi connectivity index (χ1n) is 5.68. The number of halogens is 1. The number of hydrogen-bond donors (Lipinski definition) is 2. The first-order chi connectivity index (χ1) is 8.08. The number of hydrogen-bond acceptors (Lipinski definition) is 5. The molecule has 1 aliphatic rings. The summed E-state index contributed by atoms with van der Waals surface area (Å²) in [6.07, 6.45) is 1.69. The SMILES string of the molecule is Cc1c(N)cnc(NN2CCN(C)CC2)c1Br. The molecule has 0 aliphatic carbocycles. The molecule has 1 saturated heterocycles. The van der Waals surface area contributed by atoms with Gasteiger partial charge in [0.1, 0.15) is 0 Å². The van der Waals surface area contributed by atoms with Gasteiger partial charge in [-0.05, 0) is 35.5 Å². The topological polar surface area (TPSA) is 57.4 Å². The summed E-state index contributed by atoms with van der Waals surface area (Å²) in [5.41, 5.74) is 10.9. The summed E-state index contributed by atoms with van der Waals surface area (Å²) in [6.45, 7) is 6.11. The minimum Gasteiger partial charge on any atom is -0.397 e. The number of pyridine rings is 1. The maximum Gasteiger partial charge on any atom is 0.155 e.